The first-order valence-electron chi connectivity index (χ1n) is 5.06. The van der Waals surface area contributed by atoms with Gasteiger partial charge >= 0.3 is 6.18 Å². The summed E-state index contributed by atoms with van der Waals surface area (Å²) < 4.78 is 36.1. The van der Waals surface area contributed by atoms with Gasteiger partial charge in [0.1, 0.15) is 0 Å². The molecule has 0 saturated carbocycles. The average Bonchev–Trinajstić information content (AvgIpc) is 2.06. The zero-order valence-corrected chi connectivity index (χ0v) is 9.28. The monoisotopic (exact) mass is 214 g/mol. The molecule has 1 fully saturated rings. The van der Waals surface area contributed by atoms with Crippen LogP contribution < -0.4 is 0 Å². The molecule has 1 heterocycles. The number of hydrogen-bond acceptors (Lipinski definition) is 1. The van der Waals surface area contributed by atoms with E-state index in [0.29, 0.717) is 0 Å². The van der Waals surface area contributed by atoms with Crippen molar-refractivity contribution in [2.75, 3.05) is 13.2 Å². The van der Waals surface area contributed by atoms with E-state index >= 15 is 0 Å². The third-order valence-electron chi connectivity index (χ3n) is 1.08. The molecule has 0 bridgehead atoms. The van der Waals surface area contributed by atoms with E-state index in [1.165, 1.54) is 25.7 Å². The smallest absolute Gasteiger partial charge is 0.381 e. The summed E-state index contributed by atoms with van der Waals surface area (Å²) in [4.78, 5) is 0. The van der Waals surface area contributed by atoms with Crippen molar-refractivity contribution in [1.29, 1.82) is 0 Å². The molecule has 0 aromatic heterocycles. The van der Waals surface area contributed by atoms with Crippen molar-refractivity contribution in [2.45, 2.75) is 52.6 Å². The number of ether oxygens (including phenoxy) is 1. The van der Waals surface area contributed by atoms with Gasteiger partial charge in [-0.15, -0.1) is 0 Å². The first-order valence-corrected chi connectivity index (χ1v) is 5.06. The molecule has 1 rings (SSSR count). The lowest BCUT2D eigenvalue weighted by Gasteiger charge is -2.08. The van der Waals surface area contributed by atoms with Crippen LogP contribution in [-0.4, -0.2) is 19.4 Å². The molecule has 1 saturated heterocycles. The molecule has 1 aliphatic heterocycles. The molecular weight excluding hydrogens is 193 g/mol. The lowest BCUT2D eigenvalue weighted by Crippen LogP contribution is -2.03. The minimum absolute atomic E-state index is 0.188. The molecule has 0 aromatic rings. The predicted molar refractivity (Wildman–Crippen MR) is 52.4 cm³/mol. The van der Waals surface area contributed by atoms with E-state index in [4.69, 9.17) is 4.74 Å². The molecule has 0 aliphatic carbocycles. The molecule has 0 amide bonds. The van der Waals surface area contributed by atoms with Crippen LogP contribution in [0.15, 0.2) is 0 Å². The molecule has 88 valence electrons. The van der Waals surface area contributed by atoms with E-state index in [9.17, 15) is 13.2 Å². The molecule has 0 aromatic carbocycles. The Kier molecular flexibility index (Phi) is 12.5. The van der Waals surface area contributed by atoms with E-state index in [0.717, 1.165) is 13.2 Å². The Morgan fingerprint density at radius 1 is 1.00 bits per heavy atom. The normalized spacial score (nSPS) is 15.9. The molecule has 1 aliphatic rings. The Morgan fingerprint density at radius 3 is 1.36 bits per heavy atom. The van der Waals surface area contributed by atoms with Gasteiger partial charge in [0.05, 0.1) is 0 Å². The van der Waals surface area contributed by atoms with E-state index in [-0.39, 0.29) is 6.92 Å². The Balaban J connectivity index is 0. The molecular formula is C10H21F3O. The summed E-state index contributed by atoms with van der Waals surface area (Å²) in [6, 6.07) is 0. The summed E-state index contributed by atoms with van der Waals surface area (Å²) in [5.74, 6) is 0. The summed E-state index contributed by atoms with van der Waals surface area (Å²) in [7, 11) is 0. The van der Waals surface area contributed by atoms with Crippen LogP contribution in [0.25, 0.3) is 0 Å². The maximum Gasteiger partial charge on any atom is 0.386 e. The van der Waals surface area contributed by atoms with Crippen LogP contribution in [0.4, 0.5) is 13.2 Å². The van der Waals surface area contributed by atoms with E-state index in [2.05, 4.69) is 13.8 Å². The summed E-state index contributed by atoms with van der Waals surface area (Å²) in [6.07, 6.45) is 1.18. The van der Waals surface area contributed by atoms with Crippen molar-refractivity contribution >= 4 is 0 Å². The zero-order chi connectivity index (χ0) is 11.4. The Bertz CT molecular complexity index is 80.5. The Labute approximate surface area is 84.6 Å². The number of hydrogen-bond donors (Lipinski definition) is 0. The number of halogens is 3. The fourth-order valence-corrected chi connectivity index (χ4v) is 0.687. The minimum Gasteiger partial charge on any atom is -0.381 e. The third kappa shape index (κ3) is 41.1. The first kappa shape index (κ1) is 16.2. The molecule has 1 nitrogen and oxygen atoms in total. The third-order valence-corrected chi connectivity index (χ3v) is 1.08. The SMILES string of the molecule is C1CCOCC1.CC(F)(F)F.CCC. The lowest BCUT2D eigenvalue weighted by atomic mass is 10.2. The van der Waals surface area contributed by atoms with Gasteiger partial charge in [0.15, 0.2) is 0 Å². The van der Waals surface area contributed by atoms with Crippen molar-refractivity contribution in [3.05, 3.63) is 0 Å². The van der Waals surface area contributed by atoms with Crippen molar-refractivity contribution in [3.63, 3.8) is 0 Å². The number of rotatable bonds is 0. The molecule has 0 N–H and O–H groups in total. The van der Waals surface area contributed by atoms with Crippen LogP contribution in [0.2, 0.25) is 0 Å². The van der Waals surface area contributed by atoms with E-state index in [1.54, 1.807) is 0 Å². The van der Waals surface area contributed by atoms with Crippen LogP contribution in [0.3, 0.4) is 0 Å². The highest BCUT2D eigenvalue weighted by molar-refractivity contribution is 4.45. The van der Waals surface area contributed by atoms with Crippen molar-refractivity contribution in [2.24, 2.45) is 0 Å². The van der Waals surface area contributed by atoms with Crippen molar-refractivity contribution in [1.82, 2.24) is 0 Å². The lowest BCUT2D eigenvalue weighted by molar-refractivity contribution is -0.110. The second-order valence-electron chi connectivity index (χ2n) is 3.16. The van der Waals surface area contributed by atoms with Crippen molar-refractivity contribution < 1.29 is 17.9 Å². The second kappa shape index (κ2) is 10.8. The van der Waals surface area contributed by atoms with Gasteiger partial charge in [-0.3, -0.25) is 0 Å². The maximum absolute atomic E-state index is 10.4. The molecule has 14 heavy (non-hydrogen) atoms. The molecule has 0 atom stereocenters. The van der Waals surface area contributed by atoms with Gasteiger partial charge in [0.25, 0.3) is 0 Å². The molecule has 4 heteroatoms. The zero-order valence-electron chi connectivity index (χ0n) is 9.28. The summed E-state index contributed by atoms with van der Waals surface area (Å²) in [5, 5.41) is 0. The van der Waals surface area contributed by atoms with Crippen LogP contribution in [0.5, 0.6) is 0 Å². The predicted octanol–water partition coefficient (Wildman–Crippen LogP) is 4.17. The average molecular weight is 214 g/mol. The quantitative estimate of drug-likeness (QED) is 0.588. The highest BCUT2D eigenvalue weighted by Crippen LogP contribution is 2.10. The summed E-state index contributed by atoms with van der Waals surface area (Å²) in [6.45, 7) is 6.44. The van der Waals surface area contributed by atoms with Gasteiger partial charge in [-0.2, -0.15) is 13.2 Å². The topological polar surface area (TPSA) is 9.23 Å². The van der Waals surface area contributed by atoms with Crippen LogP contribution in [0, 0.1) is 0 Å². The van der Waals surface area contributed by atoms with Crippen LogP contribution >= 0.6 is 0 Å². The number of alkyl halides is 3. The Morgan fingerprint density at radius 2 is 1.29 bits per heavy atom. The van der Waals surface area contributed by atoms with Crippen molar-refractivity contribution in [3.8, 4) is 0 Å². The summed E-state index contributed by atoms with van der Waals surface area (Å²) >= 11 is 0. The van der Waals surface area contributed by atoms with Crippen LogP contribution in [0.1, 0.15) is 46.5 Å². The molecule has 0 spiro atoms. The Hall–Kier alpha value is -0.250. The van der Waals surface area contributed by atoms with E-state index < -0.39 is 6.18 Å². The highest BCUT2D eigenvalue weighted by Gasteiger charge is 2.15. The largest absolute Gasteiger partial charge is 0.386 e. The maximum atomic E-state index is 10.4. The van der Waals surface area contributed by atoms with Gasteiger partial charge in [0, 0.05) is 20.1 Å². The fraction of sp³-hybridized carbons (Fsp3) is 1.00. The van der Waals surface area contributed by atoms with Gasteiger partial charge in [-0.25, -0.2) is 0 Å². The molecule has 0 unspecified atom stereocenters. The first-order chi connectivity index (χ1) is 6.41. The minimum atomic E-state index is -4.00. The van der Waals surface area contributed by atoms with E-state index in [1.807, 2.05) is 0 Å². The van der Waals surface area contributed by atoms with Gasteiger partial charge in [0.2, 0.25) is 0 Å². The van der Waals surface area contributed by atoms with Gasteiger partial charge in [-0.1, -0.05) is 20.3 Å². The van der Waals surface area contributed by atoms with Crippen LogP contribution in [-0.2, 0) is 4.74 Å². The second-order valence-corrected chi connectivity index (χ2v) is 3.16. The van der Waals surface area contributed by atoms with Gasteiger partial charge in [-0.05, 0) is 19.3 Å². The fourth-order valence-electron chi connectivity index (χ4n) is 0.687. The standard InChI is InChI=1S/C5H10O.C3H8.C2H3F3/c1-2-4-6-5-3-1;1-3-2;1-2(3,4)5/h1-5H2;3H2,1-2H3;1H3. The van der Waals surface area contributed by atoms with Gasteiger partial charge < -0.3 is 4.74 Å². The molecule has 0 radical (unpaired) electrons. The summed E-state index contributed by atoms with van der Waals surface area (Å²) in [5.41, 5.74) is 0. The highest BCUT2D eigenvalue weighted by atomic mass is 19.4.